The molecule has 0 bridgehead atoms. The van der Waals surface area contributed by atoms with Gasteiger partial charge in [-0.3, -0.25) is 14.3 Å². The highest BCUT2D eigenvalue weighted by Gasteiger charge is 2.17. The van der Waals surface area contributed by atoms with E-state index in [1.165, 1.54) is 6.20 Å². The maximum Gasteiger partial charge on any atom is 0.303 e. The normalized spacial score (nSPS) is 11.9. The first-order valence-electron chi connectivity index (χ1n) is 6.62. The molecule has 2 N–H and O–H groups in total. The summed E-state index contributed by atoms with van der Waals surface area (Å²) in [4.78, 5) is 22.9. The number of nitrogens with zero attached hydrogens (tertiary/aromatic N) is 2. The minimum Gasteiger partial charge on any atom is -0.481 e. The van der Waals surface area contributed by atoms with Gasteiger partial charge in [-0.1, -0.05) is 30.3 Å². The van der Waals surface area contributed by atoms with Crippen LogP contribution in [0.3, 0.4) is 0 Å². The van der Waals surface area contributed by atoms with Crippen LogP contribution in [0.2, 0.25) is 0 Å². The van der Waals surface area contributed by atoms with Gasteiger partial charge in [-0.15, -0.1) is 0 Å². The Balaban J connectivity index is 2.12. The molecule has 0 aliphatic heterocycles. The number of carboxylic acid groups (broad SMARTS) is 1. The van der Waals surface area contributed by atoms with Gasteiger partial charge in [0.15, 0.2) is 0 Å². The molecule has 0 saturated heterocycles. The van der Waals surface area contributed by atoms with E-state index in [-0.39, 0.29) is 18.4 Å². The number of carboxylic acids is 1. The number of benzene rings is 1. The molecule has 2 aromatic rings. The van der Waals surface area contributed by atoms with Crippen LogP contribution in [0.4, 0.5) is 0 Å². The number of carbonyl (C=O) groups is 2. The molecule has 2 rings (SSSR count). The van der Waals surface area contributed by atoms with Gasteiger partial charge in [0.25, 0.3) is 5.91 Å². The zero-order valence-electron chi connectivity index (χ0n) is 11.7. The summed E-state index contributed by atoms with van der Waals surface area (Å²) in [6.45, 7) is 0. The Labute approximate surface area is 122 Å². The lowest BCUT2D eigenvalue weighted by atomic mass is 10.0. The molecule has 1 amide bonds. The zero-order chi connectivity index (χ0) is 15.2. The molecule has 0 unspecified atom stereocenters. The van der Waals surface area contributed by atoms with Crippen LogP contribution in [0.25, 0.3) is 0 Å². The predicted molar refractivity (Wildman–Crippen MR) is 76.7 cm³/mol. The minimum atomic E-state index is -0.883. The Morgan fingerprint density at radius 2 is 2.05 bits per heavy atom. The molecule has 0 aliphatic rings. The fourth-order valence-electron chi connectivity index (χ4n) is 2.06. The van der Waals surface area contributed by atoms with Crippen LogP contribution in [0.5, 0.6) is 0 Å². The Morgan fingerprint density at radius 3 is 2.62 bits per heavy atom. The van der Waals surface area contributed by atoms with Crippen molar-refractivity contribution in [1.29, 1.82) is 0 Å². The number of hydrogen-bond acceptors (Lipinski definition) is 3. The lowest BCUT2D eigenvalue weighted by molar-refractivity contribution is -0.137. The first-order valence-corrected chi connectivity index (χ1v) is 6.62. The van der Waals surface area contributed by atoms with Gasteiger partial charge in [-0.05, 0) is 12.0 Å². The van der Waals surface area contributed by atoms with Crippen LogP contribution in [0.15, 0.2) is 42.7 Å². The minimum absolute atomic E-state index is 0.00706. The molecule has 6 heteroatoms. The highest BCUT2D eigenvalue weighted by atomic mass is 16.4. The Hall–Kier alpha value is -2.63. The Bertz CT molecular complexity index is 622. The van der Waals surface area contributed by atoms with Crippen molar-refractivity contribution in [3.63, 3.8) is 0 Å². The number of rotatable bonds is 6. The molecule has 1 aromatic heterocycles. The van der Waals surface area contributed by atoms with E-state index in [0.29, 0.717) is 12.0 Å². The van der Waals surface area contributed by atoms with E-state index in [0.717, 1.165) is 5.56 Å². The summed E-state index contributed by atoms with van der Waals surface area (Å²) in [7, 11) is 1.73. The van der Waals surface area contributed by atoms with Gasteiger partial charge in [0.2, 0.25) is 0 Å². The van der Waals surface area contributed by atoms with Gasteiger partial charge in [-0.2, -0.15) is 5.10 Å². The predicted octanol–water partition coefficient (Wildman–Crippen LogP) is 1.76. The fraction of sp³-hybridized carbons (Fsp3) is 0.267. The molecule has 110 valence electrons. The summed E-state index contributed by atoms with van der Waals surface area (Å²) in [6.07, 6.45) is 3.43. The third-order valence-corrected chi connectivity index (χ3v) is 3.12. The van der Waals surface area contributed by atoms with Crippen LogP contribution in [0.1, 0.15) is 34.8 Å². The molecule has 1 heterocycles. The average Bonchev–Trinajstić information content (AvgIpc) is 2.90. The van der Waals surface area contributed by atoms with Crippen LogP contribution in [-0.2, 0) is 11.8 Å². The SMILES string of the molecule is Cn1cc(C(=O)N[C@H](CCC(=O)O)c2ccccc2)cn1. The lowest BCUT2D eigenvalue weighted by Crippen LogP contribution is -2.28. The number of aromatic nitrogens is 2. The molecule has 1 atom stereocenters. The van der Waals surface area contributed by atoms with Gasteiger partial charge in [0, 0.05) is 19.7 Å². The first-order chi connectivity index (χ1) is 10.1. The van der Waals surface area contributed by atoms with Gasteiger partial charge in [-0.25, -0.2) is 0 Å². The second-order valence-corrected chi connectivity index (χ2v) is 4.77. The molecule has 21 heavy (non-hydrogen) atoms. The Morgan fingerprint density at radius 1 is 1.33 bits per heavy atom. The highest BCUT2D eigenvalue weighted by molar-refractivity contribution is 5.94. The standard InChI is InChI=1S/C15H17N3O3/c1-18-10-12(9-16-18)15(21)17-13(7-8-14(19)20)11-5-3-2-4-6-11/h2-6,9-10,13H,7-8H2,1H3,(H,17,21)(H,19,20)/t13-/m1/s1. The van der Waals surface area contributed by atoms with Crippen molar-refractivity contribution < 1.29 is 14.7 Å². The van der Waals surface area contributed by atoms with E-state index < -0.39 is 5.97 Å². The van der Waals surface area contributed by atoms with E-state index in [1.807, 2.05) is 30.3 Å². The topological polar surface area (TPSA) is 84.2 Å². The van der Waals surface area contributed by atoms with E-state index >= 15 is 0 Å². The smallest absolute Gasteiger partial charge is 0.303 e. The third-order valence-electron chi connectivity index (χ3n) is 3.12. The number of aryl methyl sites for hydroxylation is 1. The van der Waals surface area contributed by atoms with Crippen molar-refractivity contribution in [3.05, 3.63) is 53.9 Å². The van der Waals surface area contributed by atoms with Gasteiger partial charge in [0.1, 0.15) is 0 Å². The summed E-state index contributed by atoms with van der Waals surface area (Å²) in [5.74, 6) is -1.14. The van der Waals surface area contributed by atoms with E-state index in [9.17, 15) is 9.59 Å². The molecule has 0 spiro atoms. The van der Waals surface area contributed by atoms with Crippen molar-refractivity contribution in [2.45, 2.75) is 18.9 Å². The van der Waals surface area contributed by atoms with E-state index in [1.54, 1.807) is 17.9 Å². The van der Waals surface area contributed by atoms with Crippen LogP contribution >= 0.6 is 0 Å². The van der Waals surface area contributed by atoms with E-state index in [4.69, 9.17) is 5.11 Å². The molecule has 6 nitrogen and oxygen atoms in total. The number of hydrogen-bond donors (Lipinski definition) is 2. The number of nitrogens with one attached hydrogen (secondary N) is 1. The average molecular weight is 287 g/mol. The maximum absolute atomic E-state index is 12.2. The number of carbonyl (C=O) groups excluding carboxylic acids is 1. The summed E-state index contributed by atoms with van der Waals surface area (Å²) in [6, 6.07) is 9.00. The highest BCUT2D eigenvalue weighted by Crippen LogP contribution is 2.19. The second kappa shape index (κ2) is 6.69. The zero-order valence-corrected chi connectivity index (χ0v) is 11.7. The summed E-state index contributed by atoms with van der Waals surface area (Å²) in [5.41, 5.74) is 1.34. The van der Waals surface area contributed by atoms with Crippen molar-refractivity contribution >= 4 is 11.9 Å². The molecule has 0 fully saturated rings. The number of aliphatic carboxylic acids is 1. The molecular formula is C15H17N3O3. The van der Waals surface area contributed by atoms with Crippen LogP contribution in [0, 0.1) is 0 Å². The van der Waals surface area contributed by atoms with Crippen molar-refractivity contribution in [3.8, 4) is 0 Å². The van der Waals surface area contributed by atoms with Gasteiger partial charge >= 0.3 is 5.97 Å². The van der Waals surface area contributed by atoms with Crippen LogP contribution in [-0.4, -0.2) is 26.8 Å². The third kappa shape index (κ3) is 4.17. The maximum atomic E-state index is 12.2. The molecule has 1 aromatic carbocycles. The monoisotopic (exact) mass is 287 g/mol. The molecular weight excluding hydrogens is 270 g/mol. The second-order valence-electron chi connectivity index (χ2n) is 4.77. The van der Waals surface area contributed by atoms with Crippen molar-refractivity contribution in [1.82, 2.24) is 15.1 Å². The lowest BCUT2D eigenvalue weighted by Gasteiger charge is -2.18. The van der Waals surface area contributed by atoms with Gasteiger partial charge in [0.05, 0.1) is 17.8 Å². The van der Waals surface area contributed by atoms with E-state index in [2.05, 4.69) is 10.4 Å². The summed E-state index contributed by atoms with van der Waals surface area (Å²) < 4.78 is 1.55. The largest absolute Gasteiger partial charge is 0.481 e. The van der Waals surface area contributed by atoms with Crippen molar-refractivity contribution in [2.75, 3.05) is 0 Å². The summed E-state index contributed by atoms with van der Waals surface area (Å²) in [5, 5.41) is 15.7. The number of amides is 1. The first kappa shape index (κ1) is 14.8. The van der Waals surface area contributed by atoms with Gasteiger partial charge < -0.3 is 10.4 Å². The van der Waals surface area contributed by atoms with Crippen molar-refractivity contribution in [2.24, 2.45) is 7.05 Å². The molecule has 0 saturated carbocycles. The van der Waals surface area contributed by atoms with Crippen LogP contribution < -0.4 is 5.32 Å². The fourth-order valence-corrected chi connectivity index (χ4v) is 2.06. The molecule has 0 radical (unpaired) electrons. The Kier molecular flexibility index (Phi) is 4.71. The molecule has 0 aliphatic carbocycles. The summed E-state index contributed by atoms with van der Waals surface area (Å²) >= 11 is 0. The quantitative estimate of drug-likeness (QED) is 0.847.